The Bertz CT molecular complexity index is 792. The minimum Gasteiger partial charge on any atom is -0.299 e. The number of nitrogens with one attached hydrogen (secondary N) is 2. The van der Waals surface area contributed by atoms with Crippen LogP contribution in [0.15, 0.2) is 47.8 Å². The smallest absolute Gasteiger partial charge is 0.299 e. The highest BCUT2D eigenvalue weighted by Gasteiger charge is 2.11. The SMILES string of the molecule is Cc1csc(NC(=O)Nc2cc(C)nn2-c2ccccc2)c1. The molecule has 0 saturated carbocycles. The monoisotopic (exact) mass is 312 g/mol. The highest BCUT2D eigenvalue weighted by Crippen LogP contribution is 2.21. The number of para-hydroxylation sites is 1. The van der Waals surface area contributed by atoms with Crippen LogP contribution < -0.4 is 10.6 Å². The van der Waals surface area contributed by atoms with E-state index in [1.807, 2.05) is 61.7 Å². The van der Waals surface area contributed by atoms with E-state index in [-0.39, 0.29) is 6.03 Å². The second-order valence-corrected chi connectivity index (χ2v) is 5.90. The van der Waals surface area contributed by atoms with Crippen LogP contribution >= 0.6 is 11.3 Å². The van der Waals surface area contributed by atoms with Crippen molar-refractivity contribution in [1.29, 1.82) is 0 Å². The average Bonchev–Trinajstić information content (AvgIpc) is 3.06. The Morgan fingerprint density at radius 3 is 2.59 bits per heavy atom. The molecule has 2 heterocycles. The summed E-state index contributed by atoms with van der Waals surface area (Å²) in [5.41, 5.74) is 2.87. The first-order chi connectivity index (χ1) is 10.6. The number of rotatable bonds is 3. The standard InChI is InChI=1S/C16H16N4OS/c1-11-8-15(22-10-11)18-16(21)17-14-9-12(2)19-20(14)13-6-4-3-5-7-13/h3-10H,1-2H3,(H2,17,18,21). The topological polar surface area (TPSA) is 59.0 Å². The van der Waals surface area contributed by atoms with Crippen molar-refractivity contribution in [2.75, 3.05) is 10.6 Å². The molecule has 2 amide bonds. The van der Waals surface area contributed by atoms with E-state index >= 15 is 0 Å². The predicted octanol–water partition coefficient (Wildman–Crippen LogP) is 4.19. The fraction of sp³-hybridized carbons (Fsp3) is 0.125. The molecule has 22 heavy (non-hydrogen) atoms. The lowest BCUT2D eigenvalue weighted by Gasteiger charge is -2.09. The van der Waals surface area contributed by atoms with Crippen molar-refractivity contribution < 1.29 is 4.79 Å². The third-order valence-electron chi connectivity index (χ3n) is 3.04. The van der Waals surface area contributed by atoms with Crippen molar-refractivity contribution in [3.05, 3.63) is 59.1 Å². The van der Waals surface area contributed by atoms with Crippen LogP contribution in [0.4, 0.5) is 15.6 Å². The van der Waals surface area contributed by atoms with Crippen molar-refractivity contribution in [3.63, 3.8) is 0 Å². The van der Waals surface area contributed by atoms with Gasteiger partial charge in [0.2, 0.25) is 0 Å². The molecule has 2 N–H and O–H groups in total. The maximum absolute atomic E-state index is 12.1. The summed E-state index contributed by atoms with van der Waals surface area (Å²) in [7, 11) is 0. The fourth-order valence-electron chi connectivity index (χ4n) is 2.11. The molecule has 112 valence electrons. The van der Waals surface area contributed by atoms with Crippen LogP contribution in [0.25, 0.3) is 5.69 Å². The van der Waals surface area contributed by atoms with E-state index in [0.717, 1.165) is 21.9 Å². The first-order valence-electron chi connectivity index (χ1n) is 6.87. The van der Waals surface area contributed by atoms with Gasteiger partial charge in [0.1, 0.15) is 5.82 Å². The summed E-state index contributed by atoms with van der Waals surface area (Å²) in [6.45, 7) is 3.89. The first kappa shape index (κ1) is 14.3. The maximum atomic E-state index is 12.1. The Kier molecular flexibility index (Phi) is 3.93. The quantitative estimate of drug-likeness (QED) is 0.761. The number of carbonyl (C=O) groups is 1. The normalized spacial score (nSPS) is 10.5. The summed E-state index contributed by atoms with van der Waals surface area (Å²) in [6, 6.07) is 13.2. The predicted molar refractivity (Wildman–Crippen MR) is 90.0 cm³/mol. The van der Waals surface area contributed by atoms with Gasteiger partial charge >= 0.3 is 6.03 Å². The van der Waals surface area contributed by atoms with Gasteiger partial charge in [-0.25, -0.2) is 9.48 Å². The number of hydrogen-bond donors (Lipinski definition) is 2. The lowest BCUT2D eigenvalue weighted by molar-refractivity contribution is 0.262. The van der Waals surface area contributed by atoms with Crippen LogP contribution in [-0.2, 0) is 0 Å². The van der Waals surface area contributed by atoms with Crippen LogP contribution in [0.1, 0.15) is 11.3 Å². The molecule has 0 atom stereocenters. The molecule has 3 rings (SSSR count). The van der Waals surface area contributed by atoms with Gasteiger partial charge in [-0.2, -0.15) is 5.10 Å². The number of hydrogen-bond acceptors (Lipinski definition) is 3. The number of aryl methyl sites for hydroxylation is 2. The lowest BCUT2D eigenvalue weighted by atomic mass is 10.3. The van der Waals surface area contributed by atoms with E-state index in [4.69, 9.17) is 0 Å². The van der Waals surface area contributed by atoms with Crippen molar-refractivity contribution >= 4 is 28.2 Å². The van der Waals surface area contributed by atoms with E-state index in [2.05, 4.69) is 15.7 Å². The fourth-order valence-corrected chi connectivity index (χ4v) is 2.90. The van der Waals surface area contributed by atoms with E-state index in [0.29, 0.717) is 5.82 Å². The second-order valence-electron chi connectivity index (χ2n) is 4.99. The zero-order valence-corrected chi connectivity index (χ0v) is 13.1. The Hall–Kier alpha value is -2.60. The molecule has 0 unspecified atom stereocenters. The number of nitrogens with zero attached hydrogens (tertiary/aromatic N) is 2. The Morgan fingerprint density at radius 2 is 1.91 bits per heavy atom. The van der Waals surface area contributed by atoms with Crippen molar-refractivity contribution in [2.24, 2.45) is 0 Å². The number of thiophene rings is 1. The van der Waals surface area contributed by atoms with Gasteiger partial charge in [0, 0.05) is 6.07 Å². The van der Waals surface area contributed by atoms with Crippen LogP contribution in [0.3, 0.4) is 0 Å². The Balaban J connectivity index is 1.79. The number of anilines is 2. The molecular weight excluding hydrogens is 296 g/mol. The molecule has 0 spiro atoms. The number of benzene rings is 1. The van der Waals surface area contributed by atoms with E-state index in [9.17, 15) is 4.79 Å². The van der Waals surface area contributed by atoms with Crippen molar-refractivity contribution in [2.45, 2.75) is 13.8 Å². The van der Waals surface area contributed by atoms with Crippen LogP contribution in [-0.4, -0.2) is 15.8 Å². The average molecular weight is 312 g/mol. The summed E-state index contributed by atoms with van der Waals surface area (Å²) < 4.78 is 1.72. The molecule has 0 aliphatic rings. The molecular formula is C16H16N4OS. The molecule has 6 heteroatoms. The largest absolute Gasteiger partial charge is 0.325 e. The minimum absolute atomic E-state index is 0.279. The van der Waals surface area contributed by atoms with Crippen molar-refractivity contribution in [3.8, 4) is 5.69 Å². The molecule has 0 radical (unpaired) electrons. The van der Waals surface area contributed by atoms with Gasteiger partial charge in [-0.3, -0.25) is 10.6 Å². The Labute approximate surface area is 132 Å². The van der Waals surface area contributed by atoms with Gasteiger partial charge in [0.15, 0.2) is 0 Å². The molecule has 1 aromatic carbocycles. The Morgan fingerprint density at radius 1 is 1.14 bits per heavy atom. The third kappa shape index (κ3) is 3.17. The highest BCUT2D eigenvalue weighted by molar-refractivity contribution is 7.14. The van der Waals surface area contributed by atoms with Gasteiger partial charge in [-0.1, -0.05) is 18.2 Å². The van der Waals surface area contributed by atoms with Gasteiger partial charge < -0.3 is 0 Å². The van der Waals surface area contributed by atoms with E-state index in [1.54, 1.807) is 4.68 Å². The van der Waals surface area contributed by atoms with Crippen LogP contribution in [0, 0.1) is 13.8 Å². The molecule has 5 nitrogen and oxygen atoms in total. The highest BCUT2D eigenvalue weighted by atomic mass is 32.1. The van der Waals surface area contributed by atoms with Gasteiger partial charge in [0.05, 0.1) is 16.4 Å². The molecule has 0 fully saturated rings. The number of aromatic nitrogens is 2. The summed E-state index contributed by atoms with van der Waals surface area (Å²) in [5, 5.41) is 12.9. The van der Waals surface area contributed by atoms with Crippen molar-refractivity contribution in [1.82, 2.24) is 9.78 Å². The minimum atomic E-state index is -0.279. The summed E-state index contributed by atoms with van der Waals surface area (Å²) in [4.78, 5) is 12.1. The van der Waals surface area contributed by atoms with E-state index in [1.165, 1.54) is 11.3 Å². The summed E-state index contributed by atoms with van der Waals surface area (Å²) in [5.74, 6) is 0.634. The number of amides is 2. The number of carbonyl (C=O) groups excluding carboxylic acids is 1. The van der Waals surface area contributed by atoms with E-state index < -0.39 is 0 Å². The third-order valence-corrected chi connectivity index (χ3v) is 4.00. The number of urea groups is 1. The van der Waals surface area contributed by atoms with Gasteiger partial charge in [-0.05, 0) is 43.0 Å². The molecule has 0 saturated heterocycles. The molecule has 0 aliphatic carbocycles. The molecule has 0 aliphatic heterocycles. The lowest BCUT2D eigenvalue weighted by Crippen LogP contribution is -2.20. The second kappa shape index (κ2) is 6.03. The summed E-state index contributed by atoms with van der Waals surface area (Å²) >= 11 is 1.50. The van der Waals surface area contributed by atoms with Gasteiger partial charge in [0.25, 0.3) is 0 Å². The zero-order chi connectivity index (χ0) is 15.5. The first-order valence-corrected chi connectivity index (χ1v) is 7.75. The van der Waals surface area contributed by atoms with Gasteiger partial charge in [-0.15, -0.1) is 11.3 Å². The maximum Gasteiger partial charge on any atom is 0.325 e. The van der Waals surface area contributed by atoms with Crippen LogP contribution in [0.2, 0.25) is 0 Å². The molecule has 0 bridgehead atoms. The summed E-state index contributed by atoms with van der Waals surface area (Å²) in [6.07, 6.45) is 0. The zero-order valence-electron chi connectivity index (χ0n) is 12.3. The molecule has 2 aromatic heterocycles. The van der Waals surface area contributed by atoms with Crippen LogP contribution in [0.5, 0.6) is 0 Å². The molecule has 3 aromatic rings.